The van der Waals surface area contributed by atoms with Crippen LogP contribution in [0.5, 0.6) is 0 Å². The van der Waals surface area contributed by atoms with Crippen LogP contribution in [-0.4, -0.2) is 66.6 Å². The molecule has 3 aromatic heterocycles. The number of nitrogens with zero attached hydrogens (tertiary/aromatic N) is 6. The summed E-state index contributed by atoms with van der Waals surface area (Å²) in [5, 5.41) is 7.92. The molecule has 9 heteroatoms. The topological polar surface area (TPSA) is 95.0 Å². The molecule has 2 saturated carbocycles. The van der Waals surface area contributed by atoms with E-state index in [-0.39, 0.29) is 0 Å². The third-order valence-electron chi connectivity index (χ3n) is 8.21. The molecule has 0 spiro atoms. The van der Waals surface area contributed by atoms with Gasteiger partial charge >= 0.3 is 0 Å². The van der Waals surface area contributed by atoms with Gasteiger partial charge in [0.15, 0.2) is 0 Å². The lowest BCUT2D eigenvalue weighted by molar-refractivity contribution is -0.134. The second-order valence-electron chi connectivity index (χ2n) is 11.1. The molecule has 38 heavy (non-hydrogen) atoms. The number of pyridine rings is 1. The molecule has 4 heterocycles. The third kappa shape index (κ3) is 5.03. The number of aromatic nitrogens is 5. The highest BCUT2D eigenvalue weighted by Gasteiger charge is 2.34. The number of piperazine rings is 1. The zero-order valence-corrected chi connectivity index (χ0v) is 21.6. The van der Waals surface area contributed by atoms with E-state index in [1.54, 1.807) is 0 Å². The number of carbonyl (C=O) groups is 1. The summed E-state index contributed by atoms with van der Waals surface area (Å²) in [5.41, 5.74) is 5.34. The lowest BCUT2D eigenvalue weighted by Gasteiger charge is -2.34. The van der Waals surface area contributed by atoms with Crippen molar-refractivity contribution in [3.8, 4) is 11.1 Å². The second kappa shape index (κ2) is 9.87. The van der Waals surface area contributed by atoms with Crippen molar-refractivity contribution in [3.05, 3.63) is 54.5 Å². The Bertz CT molecular complexity index is 1440. The molecule has 4 aromatic rings. The molecule has 9 nitrogen and oxygen atoms in total. The van der Waals surface area contributed by atoms with Crippen molar-refractivity contribution < 1.29 is 4.79 Å². The van der Waals surface area contributed by atoms with Crippen LogP contribution in [0.25, 0.3) is 22.2 Å². The van der Waals surface area contributed by atoms with Crippen LogP contribution in [0.15, 0.2) is 48.9 Å². The number of amides is 1. The fourth-order valence-corrected chi connectivity index (χ4v) is 5.54. The van der Waals surface area contributed by atoms with Gasteiger partial charge in [-0.1, -0.05) is 12.5 Å². The fourth-order valence-electron chi connectivity index (χ4n) is 5.54. The average molecular weight is 511 g/mol. The molecule has 3 fully saturated rings. The maximum Gasteiger partial charge on any atom is 0.225 e. The maximum atomic E-state index is 12.3. The van der Waals surface area contributed by atoms with Crippen LogP contribution in [-0.2, 0) is 17.9 Å². The Morgan fingerprint density at radius 3 is 2.68 bits per heavy atom. The molecule has 2 aliphatic carbocycles. The van der Waals surface area contributed by atoms with Gasteiger partial charge in [0, 0.05) is 63.1 Å². The number of rotatable bonds is 8. The number of carbonyl (C=O) groups excluding carboxylic acids is 1. The van der Waals surface area contributed by atoms with Gasteiger partial charge < -0.3 is 15.2 Å². The highest BCUT2D eigenvalue weighted by atomic mass is 16.2. The predicted octanol–water partition coefficient (Wildman–Crippen LogP) is 4.42. The molecule has 0 bridgehead atoms. The van der Waals surface area contributed by atoms with Gasteiger partial charge in [-0.3, -0.25) is 14.4 Å². The zero-order chi connectivity index (χ0) is 25.5. The maximum absolute atomic E-state index is 12.3. The van der Waals surface area contributed by atoms with Crippen molar-refractivity contribution >= 4 is 28.7 Å². The SMILES string of the molecule is O=C(C1CC1)N1CCN(Cc2ccnc(Nc3nc4ccc(-c5cnn(CC6CCC6)c5)cc4[nH]3)c2)CC1. The van der Waals surface area contributed by atoms with Crippen molar-refractivity contribution in [3.63, 3.8) is 0 Å². The molecule has 1 aliphatic heterocycles. The summed E-state index contributed by atoms with van der Waals surface area (Å²) in [7, 11) is 0. The Kier molecular flexibility index (Phi) is 6.08. The molecule has 7 rings (SSSR count). The van der Waals surface area contributed by atoms with E-state index in [4.69, 9.17) is 4.98 Å². The van der Waals surface area contributed by atoms with Crippen molar-refractivity contribution in [1.82, 2.24) is 34.5 Å². The van der Waals surface area contributed by atoms with Gasteiger partial charge in [0.1, 0.15) is 5.82 Å². The van der Waals surface area contributed by atoms with E-state index >= 15 is 0 Å². The highest BCUT2D eigenvalue weighted by Crippen LogP contribution is 2.32. The molecule has 3 aliphatic rings. The first kappa shape index (κ1) is 23.4. The van der Waals surface area contributed by atoms with E-state index in [0.29, 0.717) is 17.8 Å². The number of nitrogens with one attached hydrogen (secondary N) is 2. The summed E-state index contributed by atoms with van der Waals surface area (Å²) in [6.07, 6.45) is 12.1. The fraction of sp³-hybridized carbons (Fsp3) is 0.448. The van der Waals surface area contributed by atoms with Crippen molar-refractivity contribution in [2.24, 2.45) is 11.8 Å². The first-order chi connectivity index (χ1) is 18.7. The number of imidazole rings is 1. The molecular weight excluding hydrogens is 476 g/mol. The Balaban J connectivity index is 0.989. The van der Waals surface area contributed by atoms with Gasteiger partial charge in [0.25, 0.3) is 0 Å². The van der Waals surface area contributed by atoms with Gasteiger partial charge in [0.05, 0.1) is 17.2 Å². The summed E-state index contributed by atoms with van der Waals surface area (Å²) in [4.78, 5) is 29.4. The van der Waals surface area contributed by atoms with Crippen molar-refractivity contribution in [2.75, 3.05) is 31.5 Å². The van der Waals surface area contributed by atoms with E-state index in [9.17, 15) is 4.79 Å². The van der Waals surface area contributed by atoms with Crippen LogP contribution in [0.1, 0.15) is 37.7 Å². The molecular formula is C29H34N8O. The quantitative estimate of drug-likeness (QED) is 0.364. The first-order valence-corrected chi connectivity index (χ1v) is 13.9. The van der Waals surface area contributed by atoms with Crippen LogP contribution < -0.4 is 5.32 Å². The summed E-state index contributed by atoms with van der Waals surface area (Å²) in [6, 6.07) is 10.4. The molecule has 1 saturated heterocycles. The first-order valence-electron chi connectivity index (χ1n) is 13.9. The van der Waals surface area contributed by atoms with Gasteiger partial charge in [0.2, 0.25) is 11.9 Å². The Labute approximate surface area is 222 Å². The van der Waals surface area contributed by atoms with E-state index < -0.39 is 0 Å². The normalized spacial score (nSPS) is 18.6. The summed E-state index contributed by atoms with van der Waals surface area (Å²) >= 11 is 0. The lowest BCUT2D eigenvalue weighted by Crippen LogP contribution is -2.48. The van der Waals surface area contributed by atoms with Crippen LogP contribution >= 0.6 is 0 Å². The number of benzene rings is 1. The minimum Gasteiger partial charge on any atom is -0.340 e. The molecule has 196 valence electrons. The molecule has 1 amide bonds. The summed E-state index contributed by atoms with van der Waals surface area (Å²) in [5.74, 6) is 2.89. The molecule has 0 atom stereocenters. The van der Waals surface area contributed by atoms with E-state index in [0.717, 1.165) is 86.0 Å². The minimum atomic E-state index is 0.306. The number of hydrogen-bond acceptors (Lipinski definition) is 6. The van der Waals surface area contributed by atoms with Crippen molar-refractivity contribution in [1.29, 1.82) is 0 Å². The second-order valence-corrected chi connectivity index (χ2v) is 11.1. The van der Waals surface area contributed by atoms with E-state index in [1.807, 2.05) is 23.4 Å². The van der Waals surface area contributed by atoms with Crippen molar-refractivity contribution in [2.45, 2.75) is 45.2 Å². The third-order valence-corrected chi connectivity index (χ3v) is 8.21. The number of anilines is 2. The van der Waals surface area contributed by atoms with Gasteiger partial charge in [-0.2, -0.15) is 5.10 Å². The monoisotopic (exact) mass is 510 g/mol. The number of fused-ring (bicyclic) bond motifs is 1. The van der Waals surface area contributed by atoms with Gasteiger partial charge in [-0.05, 0) is 67.0 Å². The number of aromatic amines is 1. The molecule has 0 unspecified atom stereocenters. The Morgan fingerprint density at radius 2 is 1.89 bits per heavy atom. The molecule has 2 N–H and O–H groups in total. The van der Waals surface area contributed by atoms with Gasteiger partial charge in [-0.15, -0.1) is 0 Å². The number of H-pyrrole nitrogens is 1. The highest BCUT2D eigenvalue weighted by molar-refractivity contribution is 5.84. The number of hydrogen-bond donors (Lipinski definition) is 2. The Hall–Kier alpha value is -3.72. The average Bonchev–Trinajstić information content (AvgIpc) is 3.51. The Morgan fingerprint density at radius 1 is 1.03 bits per heavy atom. The molecule has 0 radical (unpaired) electrons. The van der Waals surface area contributed by atoms with E-state index in [2.05, 4.69) is 60.4 Å². The zero-order valence-electron chi connectivity index (χ0n) is 21.6. The minimum absolute atomic E-state index is 0.306. The largest absolute Gasteiger partial charge is 0.340 e. The van der Waals surface area contributed by atoms with E-state index in [1.165, 1.54) is 24.8 Å². The standard InChI is InChI=1S/C29H34N8O/c38-28(22-4-5-22)36-12-10-35(11-13-36)17-21-8-9-30-27(14-21)34-29-32-25-7-6-23(15-26(25)33-29)24-16-31-37(19-24)18-20-2-1-3-20/h6-9,14-16,19-20,22H,1-5,10-13,17-18H2,(H2,30,32,33,34). The van der Waals surface area contributed by atoms with Crippen LogP contribution in [0.2, 0.25) is 0 Å². The molecule has 1 aromatic carbocycles. The smallest absolute Gasteiger partial charge is 0.225 e. The lowest BCUT2D eigenvalue weighted by atomic mass is 9.85. The van der Waals surface area contributed by atoms with Crippen LogP contribution in [0.3, 0.4) is 0 Å². The van der Waals surface area contributed by atoms with Crippen LogP contribution in [0, 0.1) is 11.8 Å². The summed E-state index contributed by atoms with van der Waals surface area (Å²) < 4.78 is 2.08. The summed E-state index contributed by atoms with van der Waals surface area (Å²) in [6.45, 7) is 5.34. The van der Waals surface area contributed by atoms with Crippen LogP contribution in [0.4, 0.5) is 11.8 Å². The van der Waals surface area contributed by atoms with Gasteiger partial charge in [-0.25, -0.2) is 9.97 Å². The predicted molar refractivity (Wildman–Crippen MR) is 147 cm³/mol.